The maximum absolute atomic E-state index is 13.3. The molecule has 0 aliphatic carbocycles. The van der Waals surface area contributed by atoms with Gasteiger partial charge in [-0.25, -0.2) is 0 Å². The number of nitrogens with one attached hydrogen (secondary N) is 1. The normalized spacial score (nSPS) is 17.1. The molecule has 27 heavy (non-hydrogen) atoms. The van der Waals surface area contributed by atoms with Crippen LogP contribution in [-0.4, -0.2) is 48.1 Å². The van der Waals surface area contributed by atoms with Crippen molar-refractivity contribution in [2.24, 2.45) is 5.73 Å². The number of fused-ring (bicyclic) bond motifs is 1. The molecule has 1 aliphatic rings. The van der Waals surface area contributed by atoms with Gasteiger partial charge in [0.1, 0.15) is 0 Å². The third-order valence-corrected chi connectivity index (χ3v) is 5.03. The number of carbonyl (C=O) groups is 1. The van der Waals surface area contributed by atoms with Crippen molar-refractivity contribution in [3.8, 4) is 5.75 Å². The molecule has 140 valence electrons. The molecule has 6 nitrogen and oxygen atoms in total. The van der Waals surface area contributed by atoms with Gasteiger partial charge in [-0.15, -0.1) is 0 Å². The van der Waals surface area contributed by atoms with E-state index in [-0.39, 0.29) is 24.1 Å². The number of amides is 1. The van der Waals surface area contributed by atoms with Gasteiger partial charge in [0.2, 0.25) is 0 Å². The quantitative estimate of drug-likeness (QED) is 0.632. The summed E-state index contributed by atoms with van der Waals surface area (Å²) in [6.07, 6.45) is 1.27. The van der Waals surface area contributed by atoms with Crippen molar-refractivity contribution in [2.75, 3.05) is 13.0 Å². The molecular formula is C20H24BN3O3. The van der Waals surface area contributed by atoms with Gasteiger partial charge in [-0.3, -0.25) is 0 Å². The number of nitrogens with two attached hydrogens (primary N) is 1. The van der Waals surface area contributed by atoms with Gasteiger partial charge in [0, 0.05) is 0 Å². The van der Waals surface area contributed by atoms with Gasteiger partial charge in [0.05, 0.1) is 0 Å². The van der Waals surface area contributed by atoms with E-state index >= 15 is 0 Å². The molecule has 7 heteroatoms. The van der Waals surface area contributed by atoms with Gasteiger partial charge in [0.15, 0.2) is 0 Å². The average Bonchev–Trinajstić information content (AvgIpc) is 2.71. The molecule has 0 aromatic heterocycles. The summed E-state index contributed by atoms with van der Waals surface area (Å²) in [6.45, 7) is 0.908. The SMILES string of the molecule is NC[C@@H]1Cc2ccccc2CN1C(=O)C(Cc1ccc(O)cc1)NCB=O. The Labute approximate surface area is 159 Å². The Balaban J connectivity index is 1.81. The van der Waals surface area contributed by atoms with Gasteiger partial charge in [-0.1, -0.05) is 0 Å². The Bertz CT molecular complexity index is 797. The molecule has 0 saturated carbocycles. The summed E-state index contributed by atoms with van der Waals surface area (Å²) in [5.74, 6) is 0.119. The molecule has 2 atom stereocenters. The van der Waals surface area contributed by atoms with Crippen LogP contribution in [0.3, 0.4) is 0 Å². The monoisotopic (exact) mass is 365 g/mol. The first-order chi connectivity index (χ1) is 13.1. The third-order valence-electron chi connectivity index (χ3n) is 5.03. The first kappa shape index (κ1) is 19.3. The number of phenolic OH excluding ortho intramolecular Hbond substituents is 1. The second-order valence-electron chi connectivity index (χ2n) is 6.83. The van der Waals surface area contributed by atoms with Crippen molar-refractivity contribution in [1.29, 1.82) is 0 Å². The van der Waals surface area contributed by atoms with Crippen molar-refractivity contribution < 1.29 is 14.6 Å². The number of hydrogen-bond acceptors (Lipinski definition) is 5. The molecule has 0 saturated heterocycles. The number of nitrogens with zero attached hydrogens (tertiary/aromatic N) is 1. The predicted molar refractivity (Wildman–Crippen MR) is 104 cm³/mol. The zero-order chi connectivity index (χ0) is 19.2. The summed E-state index contributed by atoms with van der Waals surface area (Å²) in [6, 6.07) is 14.3. The van der Waals surface area contributed by atoms with E-state index in [1.54, 1.807) is 24.3 Å². The Kier molecular flexibility index (Phi) is 6.37. The summed E-state index contributed by atoms with van der Waals surface area (Å²) >= 11 is 0. The zero-order valence-corrected chi connectivity index (χ0v) is 15.2. The van der Waals surface area contributed by atoms with Crippen LogP contribution in [0.4, 0.5) is 0 Å². The van der Waals surface area contributed by atoms with Crippen LogP contribution >= 0.6 is 0 Å². The van der Waals surface area contributed by atoms with Crippen LogP contribution in [0.2, 0.25) is 0 Å². The average molecular weight is 365 g/mol. The molecule has 1 heterocycles. The van der Waals surface area contributed by atoms with Crippen LogP contribution in [0.1, 0.15) is 16.7 Å². The summed E-state index contributed by atoms with van der Waals surface area (Å²) in [5.41, 5.74) is 9.23. The number of rotatable bonds is 7. The molecule has 1 unspecified atom stereocenters. The number of aromatic hydroxyl groups is 1. The van der Waals surface area contributed by atoms with Crippen molar-refractivity contribution in [3.63, 3.8) is 0 Å². The van der Waals surface area contributed by atoms with Crippen LogP contribution in [0.5, 0.6) is 5.75 Å². The standard InChI is InChI=1S/C20H24BN3O3/c22-11-17-10-15-3-1-2-4-16(15)12-24(17)20(26)19(23-13-21-27)9-14-5-7-18(25)8-6-14/h1-8,17,19,23,25H,9-13,22H2/t17-,19?/m0/s1. The van der Waals surface area contributed by atoms with E-state index in [1.807, 2.05) is 23.1 Å². The van der Waals surface area contributed by atoms with E-state index in [1.165, 1.54) is 5.56 Å². The van der Waals surface area contributed by atoms with E-state index in [0.29, 0.717) is 19.5 Å². The van der Waals surface area contributed by atoms with Crippen LogP contribution in [0.25, 0.3) is 0 Å². The number of carbonyl (C=O) groups excluding carboxylic acids is 1. The van der Waals surface area contributed by atoms with Crippen LogP contribution in [0, 0.1) is 0 Å². The van der Waals surface area contributed by atoms with Gasteiger partial charge < -0.3 is 0 Å². The second kappa shape index (κ2) is 8.93. The van der Waals surface area contributed by atoms with E-state index in [2.05, 4.69) is 11.4 Å². The van der Waals surface area contributed by atoms with E-state index in [4.69, 9.17) is 5.73 Å². The van der Waals surface area contributed by atoms with Crippen LogP contribution < -0.4 is 11.1 Å². The van der Waals surface area contributed by atoms with E-state index < -0.39 is 6.04 Å². The summed E-state index contributed by atoms with van der Waals surface area (Å²) < 4.78 is 10.8. The first-order valence-electron chi connectivity index (χ1n) is 9.14. The van der Waals surface area contributed by atoms with Crippen molar-refractivity contribution in [2.45, 2.75) is 31.5 Å². The third kappa shape index (κ3) is 4.62. The molecule has 0 fully saturated rings. The Morgan fingerprint density at radius 1 is 1.22 bits per heavy atom. The maximum atomic E-state index is 13.3. The predicted octanol–water partition coefficient (Wildman–Crippen LogP) is 0.812. The summed E-state index contributed by atoms with van der Waals surface area (Å²) in [7, 11) is 0.753. The molecule has 2 aromatic rings. The minimum atomic E-state index is -0.529. The summed E-state index contributed by atoms with van der Waals surface area (Å²) in [5, 5.41) is 12.5. The minimum absolute atomic E-state index is 0.0603. The molecule has 1 aliphatic heterocycles. The van der Waals surface area contributed by atoms with E-state index in [9.17, 15) is 14.6 Å². The first-order valence-corrected chi connectivity index (χ1v) is 9.14. The fraction of sp³-hybridized carbons (Fsp3) is 0.350. The Morgan fingerprint density at radius 2 is 1.93 bits per heavy atom. The van der Waals surface area contributed by atoms with Crippen LogP contribution in [0.15, 0.2) is 48.5 Å². The topological polar surface area (TPSA) is 95.7 Å². The van der Waals surface area contributed by atoms with Gasteiger partial charge in [0.25, 0.3) is 0 Å². The molecule has 0 spiro atoms. The Morgan fingerprint density at radius 3 is 2.59 bits per heavy atom. The van der Waals surface area contributed by atoms with Crippen molar-refractivity contribution in [3.05, 3.63) is 65.2 Å². The van der Waals surface area contributed by atoms with Gasteiger partial charge in [-0.05, 0) is 0 Å². The molecule has 4 N–H and O–H groups in total. The Hall–Kier alpha value is -2.51. The second-order valence-corrected chi connectivity index (χ2v) is 6.83. The zero-order valence-electron chi connectivity index (χ0n) is 15.2. The van der Waals surface area contributed by atoms with Crippen LogP contribution in [-0.2, 0) is 28.9 Å². The molecular weight excluding hydrogens is 341 g/mol. The molecule has 0 radical (unpaired) electrons. The molecule has 1 amide bonds. The van der Waals surface area contributed by atoms with Gasteiger partial charge >= 0.3 is 159 Å². The number of benzene rings is 2. The fourth-order valence-electron chi connectivity index (χ4n) is 3.56. The number of phenols is 1. The molecule has 0 bridgehead atoms. The molecule has 2 aromatic carbocycles. The summed E-state index contributed by atoms with van der Waals surface area (Å²) in [4.78, 5) is 15.1. The number of hydrogen-bond donors (Lipinski definition) is 3. The molecule has 3 rings (SSSR count). The fourth-order valence-corrected chi connectivity index (χ4v) is 3.56. The van der Waals surface area contributed by atoms with E-state index in [0.717, 1.165) is 24.7 Å². The van der Waals surface area contributed by atoms with Crippen molar-refractivity contribution in [1.82, 2.24) is 10.2 Å². The van der Waals surface area contributed by atoms with Crippen molar-refractivity contribution >= 4 is 13.1 Å². The van der Waals surface area contributed by atoms with Gasteiger partial charge in [-0.2, -0.15) is 0 Å².